The molecule has 0 unspecified atom stereocenters. The third-order valence-corrected chi connectivity index (χ3v) is 1.94. The highest BCUT2D eigenvalue weighted by Gasteiger charge is 2.12. The van der Waals surface area contributed by atoms with E-state index in [0.717, 1.165) is 19.4 Å². The summed E-state index contributed by atoms with van der Waals surface area (Å²) in [5, 5.41) is 14.4. The Morgan fingerprint density at radius 1 is 1.25 bits per heavy atom. The number of unbranched alkanes of at least 4 members (excludes halogenated alkanes) is 2. The quantitative estimate of drug-likeness (QED) is 0.646. The minimum Gasteiger partial charge on any atom is -0.351 e. The number of nitrogens with one attached hydrogen (secondary N) is 2. The first-order chi connectivity index (χ1) is 7.45. The predicted molar refractivity (Wildman–Crippen MR) is 64.8 cm³/mol. The number of carbonyl (C=O) groups excluding carboxylic acids is 1. The molecule has 1 amide bonds. The van der Waals surface area contributed by atoms with E-state index in [4.69, 9.17) is 5.26 Å². The smallest absolute Gasteiger partial charge is 0.221 e. The van der Waals surface area contributed by atoms with Gasteiger partial charge >= 0.3 is 0 Å². The van der Waals surface area contributed by atoms with Crippen molar-refractivity contribution in [2.45, 2.75) is 52.0 Å². The molecule has 0 fully saturated rings. The van der Waals surface area contributed by atoms with Gasteiger partial charge in [0.2, 0.25) is 5.91 Å². The Kier molecular flexibility index (Phi) is 7.57. The first kappa shape index (κ1) is 14.9. The lowest BCUT2D eigenvalue weighted by Gasteiger charge is -2.20. The van der Waals surface area contributed by atoms with E-state index in [2.05, 4.69) is 16.7 Å². The van der Waals surface area contributed by atoms with Crippen molar-refractivity contribution in [1.29, 1.82) is 5.26 Å². The van der Waals surface area contributed by atoms with Crippen LogP contribution in [-0.4, -0.2) is 24.5 Å². The number of rotatable bonds is 7. The Hall–Kier alpha value is -1.08. The lowest BCUT2D eigenvalue weighted by molar-refractivity contribution is -0.122. The van der Waals surface area contributed by atoms with E-state index in [1.807, 2.05) is 20.8 Å². The molecular formula is C12H23N3O. The Morgan fingerprint density at radius 3 is 2.50 bits per heavy atom. The molecule has 0 saturated carbocycles. The number of amides is 1. The van der Waals surface area contributed by atoms with Gasteiger partial charge in [-0.25, -0.2) is 0 Å². The number of hydrogen-bond acceptors (Lipinski definition) is 3. The van der Waals surface area contributed by atoms with Crippen LogP contribution in [0.2, 0.25) is 0 Å². The third kappa shape index (κ3) is 11.0. The molecule has 16 heavy (non-hydrogen) atoms. The monoisotopic (exact) mass is 225 g/mol. The first-order valence-corrected chi connectivity index (χ1v) is 5.84. The summed E-state index contributed by atoms with van der Waals surface area (Å²) in [7, 11) is 0. The van der Waals surface area contributed by atoms with Crippen molar-refractivity contribution in [3.63, 3.8) is 0 Å². The fourth-order valence-electron chi connectivity index (χ4n) is 1.26. The molecule has 92 valence electrons. The Morgan fingerprint density at radius 2 is 1.94 bits per heavy atom. The van der Waals surface area contributed by atoms with Crippen LogP contribution in [0, 0.1) is 11.3 Å². The normalized spacial score (nSPS) is 10.9. The second-order valence-electron chi connectivity index (χ2n) is 4.91. The predicted octanol–water partition coefficient (Wildman–Crippen LogP) is 1.57. The van der Waals surface area contributed by atoms with Crippen LogP contribution in [0.5, 0.6) is 0 Å². The zero-order valence-electron chi connectivity index (χ0n) is 10.6. The van der Waals surface area contributed by atoms with Crippen LogP contribution in [0.4, 0.5) is 0 Å². The Balaban J connectivity index is 3.32. The van der Waals surface area contributed by atoms with Gasteiger partial charge in [-0.1, -0.05) is 0 Å². The molecule has 2 N–H and O–H groups in total. The number of nitrogens with zero attached hydrogens (tertiary/aromatic N) is 1. The van der Waals surface area contributed by atoms with Crippen LogP contribution in [0.15, 0.2) is 0 Å². The summed E-state index contributed by atoms with van der Waals surface area (Å²) in [6, 6.07) is 2.11. The summed E-state index contributed by atoms with van der Waals surface area (Å²) in [6.07, 6.45) is 3.05. The topological polar surface area (TPSA) is 64.9 Å². The highest BCUT2D eigenvalue weighted by Crippen LogP contribution is 1.98. The summed E-state index contributed by atoms with van der Waals surface area (Å²) in [5.74, 6) is 0.0806. The average Bonchev–Trinajstić information content (AvgIpc) is 2.13. The van der Waals surface area contributed by atoms with E-state index in [1.54, 1.807) is 0 Å². The first-order valence-electron chi connectivity index (χ1n) is 5.84. The fourth-order valence-corrected chi connectivity index (χ4v) is 1.26. The molecule has 0 atom stereocenters. The van der Waals surface area contributed by atoms with Gasteiger partial charge in [0, 0.05) is 24.9 Å². The zero-order valence-corrected chi connectivity index (χ0v) is 10.6. The van der Waals surface area contributed by atoms with Crippen molar-refractivity contribution in [2.24, 2.45) is 0 Å². The molecule has 4 nitrogen and oxygen atoms in total. The van der Waals surface area contributed by atoms with Crippen molar-refractivity contribution in [1.82, 2.24) is 10.6 Å². The average molecular weight is 225 g/mol. The highest BCUT2D eigenvalue weighted by atomic mass is 16.1. The molecule has 4 heteroatoms. The molecular weight excluding hydrogens is 202 g/mol. The lowest BCUT2D eigenvalue weighted by atomic mass is 10.1. The molecule has 0 aliphatic rings. The lowest BCUT2D eigenvalue weighted by Crippen LogP contribution is -2.41. The Bertz CT molecular complexity index is 238. The molecule has 0 radical (unpaired) electrons. The minimum absolute atomic E-state index is 0.0806. The van der Waals surface area contributed by atoms with Crippen molar-refractivity contribution in [3.8, 4) is 6.07 Å². The van der Waals surface area contributed by atoms with Gasteiger partial charge in [-0.15, -0.1) is 0 Å². The van der Waals surface area contributed by atoms with Crippen LogP contribution in [0.3, 0.4) is 0 Å². The number of hydrogen-bond donors (Lipinski definition) is 2. The zero-order chi connectivity index (χ0) is 12.4. The van der Waals surface area contributed by atoms with Crippen LogP contribution in [0.25, 0.3) is 0 Å². The van der Waals surface area contributed by atoms with Crippen LogP contribution in [0.1, 0.15) is 46.5 Å². The van der Waals surface area contributed by atoms with E-state index in [0.29, 0.717) is 19.4 Å². The minimum atomic E-state index is -0.149. The van der Waals surface area contributed by atoms with Gasteiger partial charge in [0.25, 0.3) is 0 Å². The molecule has 0 bridgehead atoms. The molecule has 0 spiro atoms. The molecule has 0 heterocycles. The number of nitriles is 1. The molecule has 0 aliphatic heterocycles. The SMILES string of the molecule is CC(C)(C)NC(=O)CCNCCCCC#N. The van der Waals surface area contributed by atoms with Crippen molar-refractivity contribution >= 4 is 5.91 Å². The molecule has 0 rings (SSSR count). The molecule has 0 aromatic rings. The van der Waals surface area contributed by atoms with E-state index >= 15 is 0 Å². The van der Waals surface area contributed by atoms with E-state index in [-0.39, 0.29) is 11.4 Å². The van der Waals surface area contributed by atoms with Gasteiger partial charge in [0.1, 0.15) is 0 Å². The summed E-state index contributed by atoms with van der Waals surface area (Å²) in [6.45, 7) is 7.50. The van der Waals surface area contributed by atoms with E-state index < -0.39 is 0 Å². The van der Waals surface area contributed by atoms with Gasteiger partial charge < -0.3 is 10.6 Å². The molecule has 0 aromatic carbocycles. The summed E-state index contributed by atoms with van der Waals surface area (Å²) < 4.78 is 0. The second kappa shape index (κ2) is 8.12. The summed E-state index contributed by atoms with van der Waals surface area (Å²) in [5.41, 5.74) is -0.149. The summed E-state index contributed by atoms with van der Waals surface area (Å²) >= 11 is 0. The van der Waals surface area contributed by atoms with Crippen LogP contribution in [-0.2, 0) is 4.79 Å². The standard InChI is InChI=1S/C12H23N3O/c1-12(2,3)15-11(16)7-10-14-9-6-4-5-8-13/h14H,4-7,9-10H2,1-3H3,(H,15,16). The second-order valence-corrected chi connectivity index (χ2v) is 4.91. The molecule has 0 saturated heterocycles. The maximum Gasteiger partial charge on any atom is 0.221 e. The van der Waals surface area contributed by atoms with Crippen molar-refractivity contribution < 1.29 is 4.79 Å². The van der Waals surface area contributed by atoms with Gasteiger partial charge in [0.05, 0.1) is 6.07 Å². The molecule has 0 aliphatic carbocycles. The van der Waals surface area contributed by atoms with Gasteiger partial charge in [0.15, 0.2) is 0 Å². The third-order valence-electron chi connectivity index (χ3n) is 1.94. The van der Waals surface area contributed by atoms with Crippen LogP contribution < -0.4 is 10.6 Å². The highest BCUT2D eigenvalue weighted by molar-refractivity contribution is 5.76. The number of carbonyl (C=O) groups is 1. The van der Waals surface area contributed by atoms with E-state index in [9.17, 15) is 4.79 Å². The largest absolute Gasteiger partial charge is 0.351 e. The maximum absolute atomic E-state index is 11.4. The van der Waals surface area contributed by atoms with Gasteiger partial charge in [-0.3, -0.25) is 4.79 Å². The Labute approximate surface area is 98.4 Å². The van der Waals surface area contributed by atoms with Crippen molar-refractivity contribution in [3.05, 3.63) is 0 Å². The summed E-state index contributed by atoms with van der Waals surface area (Å²) in [4.78, 5) is 11.4. The van der Waals surface area contributed by atoms with Gasteiger partial charge in [-0.2, -0.15) is 5.26 Å². The fraction of sp³-hybridized carbons (Fsp3) is 0.833. The molecule has 0 aromatic heterocycles. The maximum atomic E-state index is 11.4. The van der Waals surface area contributed by atoms with Gasteiger partial charge in [-0.05, 0) is 40.2 Å². The van der Waals surface area contributed by atoms with Crippen molar-refractivity contribution in [2.75, 3.05) is 13.1 Å². The van der Waals surface area contributed by atoms with E-state index in [1.165, 1.54) is 0 Å². The van der Waals surface area contributed by atoms with Crippen LogP contribution >= 0.6 is 0 Å².